The second-order valence-corrected chi connectivity index (χ2v) is 4.09. The smallest absolute Gasteiger partial charge is 0.148 e. The standard InChI is InChI=1S/C11H16FN3/c1-15-6-5-8(7-15)14-10-4-2-3-9(12)11(10)13/h2-4,8,14H,5-7,13H2,1H3. The van der Waals surface area contributed by atoms with Gasteiger partial charge in [-0.2, -0.15) is 0 Å². The Labute approximate surface area is 89.1 Å². The minimum atomic E-state index is -0.355. The van der Waals surface area contributed by atoms with E-state index in [1.807, 2.05) is 6.07 Å². The topological polar surface area (TPSA) is 41.3 Å². The molecule has 1 fully saturated rings. The molecule has 0 aliphatic carbocycles. The largest absolute Gasteiger partial charge is 0.395 e. The Morgan fingerprint density at radius 2 is 2.33 bits per heavy atom. The number of nitrogen functional groups attached to an aromatic ring is 1. The van der Waals surface area contributed by atoms with E-state index in [-0.39, 0.29) is 11.5 Å². The van der Waals surface area contributed by atoms with Crippen LogP contribution in [0.15, 0.2) is 18.2 Å². The number of nitrogens with two attached hydrogens (primary N) is 1. The van der Waals surface area contributed by atoms with Gasteiger partial charge in [-0.3, -0.25) is 0 Å². The monoisotopic (exact) mass is 209 g/mol. The zero-order chi connectivity index (χ0) is 10.8. The maximum absolute atomic E-state index is 13.2. The molecule has 0 saturated carbocycles. The number of likely N-dealkylation sites (tertiary alicyclic amines) is 1. The third-order valence-electron chi connectivity index (χ3n) is 2.80. The highest BCUT2D eigenvalue weighted by molar-refractivity contribution is 5.66. The summed E-state index contributed by atoms with van der Waals surface area (Å²) >= 11 is 0. The van der Waals surface area contributed by atoms with E-state index in [0.717, 1.165) is 19.5 Å². The van der Waals surface area contributed by atoms with Crippen molar-refractivity contribution in [2.24, 2.45) is 0 Å². The molecule has 1 unspecified atom stereocenters. The molecule has 15 heavy (non-hydrogen) atoms. The van der Waals surface area contributed by atoms with Crippen LogP contribution in [-0.2, 0) is 0 Å². The molecule has 1 heterocycles. The lowest BCUT2D eigenvalue weighted by Crippen LogP contribution is -2.24. The highest BCUT2D eigenvalue weighted by atomic mass is 19.1. The predicted molar refractivity (Wildman–Crippen MR) is 60.3 cm³/mol. The maximum Gasteiger partial charge on any atom is 0.148 e. The quantitative estimate of drug-likeness (QED) is 0.726. The van der Waals surface area contributed by atoms with Gasteiger partial charge in [0, 0.05) is 12.6 Å². The van der Waals surface area contributed by atoms with Crippen LogP contribution in [0.3, 0.4) is 0 Å². The van der Waals surface area contributed by atoms with E-state index < -0.39 is 0 Å². The summed E-state index contributed by atoms with van der Waals surface area (Å²) in [5, 5.41) is 3.27. The van der Waals surface area contributed by atoms with Crippen LogP contribution in [-0.4, -0.2) is 31.1 Å². The minimum Gasteiger partial charge on any atom is -0.395 e. The van der Waals surface area contributed by atoms with E-state index >= 15 is 0 Å². The molecule has 1 aliphatic rings. The normalized spacial score (nSPS) is 21.9. The van der Waals surface area contributed by atoms with Crippen LogP contribution in [0.5, 0.6) is 0 Å². The van der Waals surface area contributed by atoms with Crippen molar-refractivity contribution >= 4 is 11.4 Å². The van der Waals surface area contributed by atoms with Gasteiger partial charge in [-0.1, -0.05) is 6.07 Å². The Kier molecular flexibility index (Phi) is 2.77. The Balaban J connectivity index is 2.07. The fourth-order valence-electron chi connectivity index (χ4n) is 1.94. The SMILES string of the molecule is CN1CCC(Nc2cccc(F)c2N)C1. The van der Waals surface area contributed by atoms with Crippen molar-refractivity contribution in [3.05, 3.63) is 24.0 Å². The number of rotatable bonds is 2. The van der Waals surface area contributed by atoms with Gasteiger partial charge in [0.05, 0.1) is 11.4 Å². The summed E-state index contributed by atoms with van der Waals surface area (Å²) in [6.45, 7) is 2.06. The number of anilines is 2. The number of hydrogen-bond acceptors (Lipinski definition) is 3. The van der Waals surface area contributed by atoms with Crippen molar-refractivity contribution < 1.29 is 4.39 Å². The first-order chi connectivity index (χ1) is 7.16. The Bertz CT molecular complexity index is 354. The highest BCUT2D eigenvalue weighted by Gasteiger charge is 2.19. The average molecular weight is 209 g/mol. The fraction of sp³-hybridized carbons (Fsp3) is 0.455. The molecule has 1 aromatic carbocycles. The van der Waals surface area contributed by atoms with Gasteiger partial charge < -0.3 is 16.0 Å². The van der Waals surface area contributed by atoms with Crippen LogP contribution in [0, 0.1) is 5.82 Å². The van der Waals surface area contributed by atoms with Crippen molar-refractivity contribution in [3.63, 3.8) is 0 Å². The summed E-state index contributed by atoms with van der Waals surface area (Å²) in [5.74, 6) is -0.355. The van der Waals surface area contributed by atoms with Crippen LogP contribution < -0.4 is 11.1 Å². The zero-order valence-electron chi connectivity index (χ0n) is 8.83. The summed E-state index contributed by atoms with van der Waals surface area (Å²) in [6.07, 6.45) is 1.08. The Hall–Kier alpha value is -1.29. The number of benzene rings is 1. The molecular formula is C11H16FN3. The molecule has 0 amide bonds. The maximum atomic E-state index is 13.2. The molecule has 1 aliphatic heterocycles. The van der Waals surface area contributed by atoms with Crippen molar-refractivity contribution in [1.82, 2.24) is 4.90 Å². The van der Waals surface area contributed by atoms with E-state index in [1.165, 1.54) is 6.07 Å². The minimum absolute atomic E-state index is 0.215. The summed E-state index contributed by atoms with van der Waals surface area (Å²) in [5.41, 5.74) is 6.56. The zero-order valence-corrected chi connectivity index (χ0v) is 8.83. The first-order valence-electron chi connectivity index (χ1n) is 5.16. The van der Waals surface area contributed by atoms with Crippen LogP contribution in [0.25, 0.3) is 0 Å². The molecule has 4 heteroatoms. The van der Waals surface area contributed by atoms with Crippen molar-refractivity contribution in [2.75, 3.05) is 31.2 Å². The van der Waals surface area contributed by atoms with Crippen molar-refractivity contribution in [3.8, 4) is 0 Å². The molecule has 0 bridgehead atoms. The number of hydrogen-bond donors (Lipinski definition) is 2. The predicted octanol–water partition coefficient (Wildman–Crippen LogP) is 1.52. The summed E-state index contributed by atoms with van der Waals surface area (Å²) in [6, 6.07) is 5.24. The lowest BCUT2D eigenvalue weighted by molar-refractivity contribution is 0.414. The molecule has 3 N–H and O–H groups in total. The van der Waals surface area contributed by atoms with Gasteiger partial charge >= 0.3 is 0 Å². The van der Waals surface area contributed by atoms with Crippen LogP contribution in [0.4, 0.5) is 15.8 Å². The Morgan fingerprint density at radius 3 is 3.00 bits per heavy atom. The second-order valence-electron chi connectivity index (χ2n) is 4.09. The summed E-state index contributed by atoms with van der Waals surface area (Å²) in [7, 11) is 2.08. The average Bonchev–Trinajstić information content (AvgIpc) is 2.59. The third-order valence-corrected chi connectivity index (χ3v) is 2.80. The van der Waals surface area contributed by atoms with Gasteiger partial charge in [0.1, 0.15) is 5.82 Å². The Morgan fingerprint density at radius 1 is 1.53 bits per heavy atom. The number of halogens is 1. The first-order valence-corrected chi connectivity index (χ1v) is 5.16. The van der Waals surface area contributed by atoms with Gasteiger partial charge in [0.15, 0.2) is 0 Å². The number of para-hydroxylation sites is 1. The van der Waals surface area contributed by atoms with Crippen molar-refractivity contribution in [1.29, 1.82) is 0 Å². The van der Waals surface area contributed by atoms with Crippen LogP contribution in [0.1, 0.15) is 6.42 Å². The molecular weight excluding hydrogens is 193 g/mol. The van der Waals surface area contributed by atoms with Gasteiger partial charge in [0.2, 0.25) is 0 Å². The van der Waals surface area contributed by atoms with E-state index in [4.69, 9.17) is 5.73 Å². The van der Waals surface area contributed by atoms with Gasteiger partial charge in [-0.25, -0.2) is 4.39 Å². The molecule has 3 nitrogen and oxygen atoms in total. The molecule has 1 aromatic rings. The highest BCUT2D eigenvalue weighted by Crippen LogP contribution is 2.23. The number of likely N-dealkylation sites (N-methyl/N-ethyl adjacent to an activating group) is 1. The molecule has 0 aromatic heterocycles. The van der Waals surface area contributed by atoms with Crippen molar-refractivity contribution in [2.45, 2.75) is 12.5 Å². The first kappa shape index (κ1) is 10.2. The fourth-order valence-corrected chi connectivity index (χ4v) is 1.94. The second kappa shape index (κ2) is 4.06. The number of nitrogens with one attached hydrogen (secondary N) is 1. The van der Waals surface area contributed by atoms with E-state index in [9.17, 15) is 4.39 Å². The molecule has 2 rings (SSSR count). The van der Waals surface area contributed by atoms with E-state index in [0.29, 0.717) is 11.7 Å². The molecule has 82 valence electrons. The van der Waals surface area contributed by atoms with Crippen LogP contribution >= 0.6 is 0 Å². The van der Waals surface area contributed by atoms with Gasteiger partial charge in [0.25, 0.3) is 0 Å². The molecule has 0 radical (unpaired) electrons. The van der Waals surface area contributed by atoms with Crippen LogP contribution in [0.2, 0.25) is 0 Å². The lowest BCUT2D eigenvalue weighted by atomic mass is 10.2. The van der Waals surface area contributed by atoms with Gasteiger partial charge in [-0.15, -0.1) is 0 Å². The van der Waals surface area contributed by atoms with Gasteiger partial charge in [-0.05, 0) is 32.1 Å². The molecule has 1 atom stereocenters. The lowest BCUT2D eigenvalue weighted by Gasteiger charge is -2.16. The summed E-state index contributed by atoms with van der Waals surface area (Å²) in [4.78, 5) is 2.24. The number of nitrogens with zero attached hydrogens (tertiary/aromatic N) is 1. The third kappa shape index (κ3) is 2.21. The summed E-state index contributed by atoms with van der Waals surface area (Å²) < 4.78 is 13.2. The molecule has 1 saturated heterocycles. The van der Waals surface area contributed by atoms with E-state index in [2.05, 4.69) is 17.3 Å². The van der Waals surface area contributed by atoms with E-state index in [1.54, 1.807) is 6.07 Å². The molecule has 0 spiro atoms.